The summed E-state index contributed by atoms with van der Waals surface area (Å²) in [6, 6.07) is 6.95. The van der Waals surface area contributed by atoms with E-state index in [1.54, 1.807) is 0 Å². The minimum absolute atomic E-state index is 0.0510. The van der Waals surface area contributed by atoms with Gasteiger partial charge >= 0.3 is 6.18 Å². The number of anilines is 1. The molecule has 1 aromatic heterocycles. The molecule has 0 radical (unpaired) electrons. The monoisotopic (exact) mass is 412 g/mol. The van der Waals surface area contributed by atoms with E-state index in [4.69, 9.17) is 4.74 Å². The van der Waals surface area contributed by atoms with Gasteiger partial charge in [-0.1, -0.05) is 0 Å². The molecule has 0 aliphatic heterocycles. The van der Waals surface area contributed by atoms with Crippen molar-refractivity contribution in [1.29, 1.82) is 0 Å². The van der Waals surface area contributed by atoms with Gasteiger partial charge in [0.05, 0.1) is 5.56 Å². The zero-order chi connectivity index (χ0) is 21.2. The van der Waals surface area contributed by atoms with Crippen LogP contribution in [-0.4, -0.2) is 10.9 Å². The summed E-state index contributed by atoms with van der Waals surface area (Å²) in [7, 11) is 0. The van der Waals surface area contributed by atoms with Crippen molar-refractivity contribution in [3.63, 3.8) is 0 Å². The zero-order valence-electron chi connectivity index (χ0n) is 14.2. The Labute approximate surface area is 159 Å². The highest BCUT2D eigenvalue weighted by Crippen LogP contribution is 2.32. The van der Waals surface area contributed by atoms with Crippen LogP contribution in [0.2, 0.25) is 0 Å². The molecular formula is C19H10F6N2O2. The third-order valence-electron chi connectivity index (χ3n) is 3.66. The van der Waals surface area contributed by atoms with Crippen molar-refractivity contribution in [2.75, 3.05) is 5.32 Å². The first kappa shape index (κ1) is 20.2. The molecule has 0 bridgehead atoms. The Morgan fingerprint density at radius 1 is 0.966 bits per heavy atom. The highest BCUT2D eigenvalue weighted by Gasteiger charge is 2.30. The van der Waals surface area contributed by atoms with Gasteiger partial charge in [0, 0.05) is 18.3 Å². The van der Waals surface area contributed by atoms with Crippen molar-refractivity contribution in [2.45, 2.75) is 6.18 Å². The first-order chi connectivity index (χ1) is 13.6. The quantitative estimate of drug-likeness (QED) is 0.571. The lowest BCUT2D eigenvalue weighted by Gasteiger charge is -2.12. The minimum atomic E-state index is -4.53. The van der Waals surface area contributed by atoms with E-state index in [0.29, 0.717) is 12.1 Å². The number of hydrogen-bond donors (Lipinski definition) is 1. The van der Waals surface area contributed by atoms with Gasteiger partial charge in [-0.05, 0) is 36.4 Å². The molecule has 0 saturated heterocycles. The average Bonchev–Trinajstić information content (AvgIpc) is 2.64. The van der Waals surface area contributed by atoms with Crippen LogP contribution in [0.15, 0.2) is 54.7 Å². The molecule has 2 aromatic carbocycles. The number of alkyl halides is 3. The molecule has 29 heavy (non-hydrogen) atoms. The second-order valence-corrected chi connectivity index (χ2v) is 5.68. The number of carbonyl (C=O) groups is 1. The fraction of sp³-hybridized carbons (Fsp3) is 0.0526. The molecule has 0 aliphatic rings. The maximum absolute atomic E-state index is 13.7. The van der Waals surface area contributed by atoms with Gasteiger partial charge in [-0.15, -0.1) is 0 Å². The lowest BCUT2D eigenvalue weighted by atomic mass is 10.2. The molecule has 3 rings (SSSR count). The molecule has 10 heteroatoms. The SMILES string of the molecule is O=C(Nc1c(F)cc(F)cc1F)c1cccnc1Oc1ccc(C(F)(F)F)cc1. The summed E-state index contributed by atoms with van der Waals surface area (Å²) in [4.78, 5) is 16.2. The van der Waals surface area contributed by atoms with Crippen molar-refractivity contribution in [2.24, 2.45) is 0 Å². The number of pyridine rings is 1. The standard InChI is InChI=1S/C19H10F6N2O2/c20-11-8-14(21)16(15(22)9-11)27-17(28)13-2-1-7-26-18(13)29-12-5-3-10(4-6-12)19(23,24)25/h1-9H,(H,27,28). The van der Waals surface area contributed by atoms with E-state index in [9.17, 15) is 31.1 Å². The van der Waals surface area contributed by atoms with Crippen LogP contribution in [0, 0.1) is 17.5 Å². The van der Waals surface area contributed by atoms with Crippen molar-refractivity contribution in [3.05, 3.63) is 83.3 Å². The molecule has 0 saturated carbocycles. The number of benzene rings is 2. The molecule has 150 valence electrons. The van der Waals surface area contributed by atoms with Crippen LogP contribution < -0.4 is 10.1 Å². The molecule has 0 atom stereocenters. The fourth-order valence-electron chi connectivity index (χ4n) is 2.31. The molecule has 1 heterocycles. The lowest BCUT2D eigenvalue weighted by molar-refractivity contribution is -0.137. The van der Waals surface area contributed by atoms with Crippen molar-refractivity contribution < 1.29 is 35.9 Å². The third kappa shape index (κ3) is 4.65. The smallest absolute Gasteiger partial charge is 0.416 e. The molecule has 0 unspecified atom stereocenters. The summed E-state index contributed by atoms with van der Waals surface area (Å²) in [5.41, 5.74) is -2.03. The van der Waals surface area contributed by atoms with Gasteiger partial charge in [-0.2, -0.15) is 13.2 Å². The van der Waals surface area contributed by atoms with Gasteiger partial charge in [-0.3, -0.25) is 4.79 Å². The van der Waals surface area contributed by atoms with Crippen LogP contribution in [-0.2, 0) is 6.18 Å². The third-order valence-corrected chi connectivity index (χ3v) is 3.66. The van der Waals surface area contributed by atoms with Crippen molar-refractivity contribution >= 4 is 11.6 Å². The Balaban J connectivity index is 1.85. The summed E-state index contributed by atoms with van der Waals surface area (Å²) in [6.07, 6.45) is -3.28. The second kappa shape index (κ2) is 7.82. The maximum atomic E-state index is 13.7. The Morgan fingerprint density at radius 2 is 1.59 bits per heavy atom. The van der Waals surface area contributed by atoms with E-state index >= 15 is 0 Å². The summed E-state index contributed by atoms with van der Waals surface area (Å²) >= 11 is 0. The molecule has 4 nitrogen and oxygen atoms in total. The van der Waals surface area contributed by atoms with Crippen molar-refractivity contribution in [1.82, 2.24) is 4.98 Å². The van der Waals surface area contributed by atoms with Crippen LogP contribution in [0.5, 0.6) is 11.6 Å². The van der Waals surface area contributed by atoms with Gasteiger partial charge in [0.15, 0.2) is 11.6 Å². The summed E-state index contributed by atoms with van der Waals surface area (Å²) in [5, 5.41) is 1.95. The largest absolute Gasteiger partial charge is 0.438 e. The number of halogens is 6. The minimum Gasteiger partial charge on any atom is -0.438 e. The average molecular weight is 412 g/mol. The van der Waals surface area contributed by atoms with Crippen LogP contribution in [0.25, 0.3) is 0 Å². The van der Waals surface area contributed by atoms with Gasteiger partial charge in [0.2, 0.25) is 5.88 Å². The van der Waals surface area contributed by atoms with E-state index in [2.05, 4.69) is 4.98 Å². The number of amides is 1. The topological polar surface area (TPSA) is 51.2 Å². The Morgan fingerprint density at radius 3 is 2.17 bits per heavy atom. The number of aromatic nitrogens is 1. The first-order valence-corrected chi connectivity index (χ1v) is 7.91. The Kier molecular flexibility index (Phi) is 5.44. The number of nitrogens with one attached hydrogen (secondary N) is 1. The number of hydrogen-bond acceptors (Lipinski definition) is 3. The number of ether oxygens (including phenoxy) is 1. The predicted octanol–water partition coefficient (Wildman–Crippen LogP) is 5.56. The Hall–Kier alpha value is -3.56. The summed E-state index contributed by atoms with van der Waals surface area (Å²) < 4.78 is 83.7. The number of carbonyl (C=O) groups excluding carboxylic acids is 1. The van der Waals surface area contributed by atoms with Gasteiger partial charge < -0.3 is 10.1 Å². The number of rotatable bonds is 4. The highest BCUT2D eigenvalue weighted by molar-refractivity contribution is 6.06. The molecule has 1 N–H and O–H groups in total. The molecule has 3 aromatic rings. The van der Waals surface area contributed by atoms with Gasteiger partial charge in [0.25, 0.3) is 5.91 Å². The lowest BCUT2D eigenvalue weighted by Crippen LogP contribution is -2.16. The van der Waals surface area contributed by atoms with E-state index in [-0.39, 0.29) is 17.2 Å². The van der Waals surface area contributed by atoms with E-state index in [0.717, 1.165) is 24.3 Å². The number of nitrogens with zero attached hydrogens (tertiary/aromatic N) is 1. The molecule has 1 amide bonds. The molecular weight excluding hydrogens is 402 g/mol. The fourth-order valence-corrected chi connectivity index (χ4v) is 2.31. The van der Waals surface area contributed by atoms with Crippen LogP contribution in [0.4, 0.5) is 32.0 Å². The van der Waals surface area contributed by atoms with Gasteiger partial charge in [-0.25, -0.2) is 18.2 Å². The van der Waals surface area contributed by atoms with Crippen LogP contribution in [0.1, 0.15) is 15.9 Å². The molecule has 0 fully saturated rings. The van der Waals surface area contributed by atoms with Crippen molar-refractivity contribution in [3.8, 4) is 11.6 Å². The zero-order valence-corrected chi connectivity index (χ0v) is 14.2. The van der Waals surface area contributed by atoms with Crippen LogP contribution >= 0.6 is 0 Å². The maximum Gasteiger partial charge on any atom is 0.416 e. The second-order valence-electron chi connectivity index (χ2n) is 5.68. The summed E-state index contributed by atoms with van der Waals surface area (Å²) in [5.74, 6) is -5.21. The van der Waals surface area contributed by atoms with Gasteiger partial charge in [0.1, 0.15) is 22.8 Å². The Bertz CT molecular complexity index is 1030. The van der Waals surface area contributed by atoms with Crippen LogP contribution in [0.3, 0.4) is 0 Å². The highest BCUT2D eigenvalue weighted by atomic mass is 19.4. The summed E-state index contributed by atoms with van der Waals surface area (Å²) in [6.45, 7) is 0. The first-order valence-electron chi connectivity index (χ1n) is 7.91. The van der Waals surface area contributed by atoms with E-state index < -0.39 is 40.8 Å². The normalized spacial score (nSPS) is 11.2. The predicted molar refractivity (Wildman–Crippen MR) is 90.0 cm³/mol. The van der Waals surface area contributed by atoms with E-state index in [1.165, 1.54) is 18.3 Å². The molecule has 0 spiro atoms. The van der Waals surface area contributed by atoms with E-state index in [1.807, 2.05) is 5.32 Å². The molecule has 0 aliphatic carbocycles.